The molecular formula is C14H23N3O2. The van der Waals surface area contributed by atoms with E-state index in [4.69, 9.17) is 4.74 Å². The van der Waals surface area contributed by atoms with Crippen molar-refractivity contribution in [2.75, 3.05) is 26.8 Å². The van der Waals surface area contributed by atoms with E-state index < -0.39 is 0 Å². The van der Waals surface area contributed by atoms with E-state index in [-0.39, 0.29) is 11.4 Å². The van der Waals surface area contributed by atoms with Gasteiger partial charge in [0.1, 0.15) is 5.69 Å². The van der Waals surface area contributed by atoms with Crippen molar-refractivity contribution in [2.45, 2.75) is 31.8 Å². The van der Waals surface area contributed by atoms with E-state index in [2.05, 4.69) is 17.6 Å². The van der Waals surface area contributed by atoms with Crippen molar-refractivity contribution < 1.29 is 9.53 Å². The van der Waals surface area contributed by atoms with Crippen LogP contribution in [-0.2, 0) is 11.3 Å². The van der Waals surface area contributed by atoms with Gasteiger partial charge in [-0.05, 0) is 45.0 Å². The van der Waals surface area contributed by atoms with E-state index in [1.54, 1.807) is 7.11 Å². The summed E-state index contributed by atoms with van der Waals surface area (Å²) in [7, 11) is 1.67. The Kier molecular flexibility index (Phi) is 4.61. The molecule has 1 amide bonds. The molecule has 5 nitrogen and oxygen atoms in total. The smallest absolute Gasteiger partial charge is 0.268 e. The highest BCUT2D eigenvalue weighted by Crippen LogP contribution is 2.18. The van der Waals surface area contributed by atoms with Gasteiger partial charge in [0.15, 0.2) is 0 Å². The van der Waals surface area contributed by atoms with E-state index in [0.29, 0.717) is 18.8 Å². The third-order valence-electron chi connectivity index (χ3n) is 3.72. The minimum absolute atomic E-state index is 0.00510. The molecule has 1 aliphatic heterocycles. The molecule has 0 spiro atoms. The predicted molar refractivity (Wildman–Crippen MR) is 74.3 cm³/mol. The van der Waals surface area contributed by atoms with Crippen molar-refractivity contribution in [2.24, 2.45) is 0 Å². The number of aromatic nitrogens is 1. The summed E-state index contributed by atoms with van der Waals surface area (Å²) in [5.41, 5.74) is 0.607. The average Bonchev–Trinajstić information content (AvgIpc) is 2.85. The van der Waals surface area contributed by atoms with Gasteiger partial charge < -0.3 is 19.9 Å². The molecule has 2 rings (SSSR count). The molecule has 1 saturated heterocycles. The fourth-order valence-corrected chi connectivity index (χ4v) is 2.45. The lowest BCUT2D eigenvalue weighted by atomic mass is 9.90. The number of hydrogen-bond donors (Lipinski definition) is 2. The molecular weight excluding hydrogens is 242 g/mol. The quantitative estimate of drug-likeness (QED) is 0.835. The fraction of sp³-hybridized carbons (Fsp3) is 0.643. The first-order chi connectivity index (χ1) is 9.14. The van der Waals surface area contributed by atoms with E-state index in [1.807, 2.05) is 22.9 Å². The van der Waals surface area contributed by atoms with Crippen LogP contribution in [0.2, 0.25) is 0 Å². The monoisotopic (exact) mass is 265 g/mol. The van der Waals surface area contributed by atoms with Crippen LogP contribution >= 0.6 is 0 Å². The van der Waals surface area contributed by atoms with Crippen molar-refractivity contribution in [3.63, 3.8) is 0 Å². The second kappa shape index (κ2) is 6.21. The maximum atomic E-state index is 12.4. The molecule has 1 aromatic rings. The van der Waals surface area contributed by atoms with Gasteiger partial charge in [-0.15, -0.1) is 0 Å². The van der Waals surface area contributed by atoms with Crippen LogP contribution < -0.4 is 10.6 Å². The number of nitrogens with one attached hydrogen (secondary N) is 2. The maximum Gasteiger partial charge on any atom is 0.268 e. The summed E-state index contributed by atoms with van der Waals surface area (Å²) < 4.78 is 6.99. The van der Waals surface area contributed by atoms with Crippen molar-refractivity contribution in [3.05, 3.63) is 24.0 Å². The van der Waals surface area contributed by atoms with Gasteiger partial charge in [0.25, 0.3) is 5.91 Å². The van der Waals surface area contributed by atoms with Gasteiger partial charge in [-0.1, -0.05) is 0 Å². The highest BCUT2D eigenvalue weighted by Gasteiger charge is 2.29. The lowest BCUT2D eigenvalue weighted by Gasteiger charge is -2.35. The lowest BCUT2D eigenvalue weighted by Crippen LogP contribution is -2.52. The number of ether oxygens (including phenoxy) is 1. The molecule has 0 aliphatic carbocycles. The lowest BCUT2D eigenvalue weighted by molar-refractivity contribution is 0.0875. The zero-order valence-electron chi connectivity index (χ0n) is 11.7. The Morgan fingerprint density at radius 2 is 2.26 bits per heavy atom. The Hall–Kier alpha value is -1.33. The van der Waals surface area contributed by atoms with Crippen LogP contribution in [0.4, 0.5) is 0 Å². The minimum atomic E-state index is -0.0985. The van der Waals surface area contributed by atoms with Crippen LogP contribution in [0.5, 0.6) is 0 Å². The van der Waals surface area contributed by atoms with Gasteiger partial charge >= 0.3 is 0 Å². The first kappa shape index (κ1) is 14.1. The number of amides is 1. The number of carbonyl (C=O) groups excluding carboxylic acids is 1. The Bertz CT molecular complexity index is 422. The van der Waals surface area contributed by atoms with Crippen molar-refractivity contribution >= 4 is 5.91 Å². The predicted octanol–water partition coefficient (Wildman–Crippen LogP) is 1.01. The molecule has 1 aromatic heterocycles. The number of rotatable bonds is 5. The van der Waals surface area contributed by atoms with Crippen molar-refractivity contribution in [1.29, 1.82) is 0 Å². The molecule has 2 heterocycles. The van der Waals surface area contributed by atoms with Crippen molar-refractivity contribution in [1.82, 2.24) is 15.2 Å². The summed E-state index contributed by atoms with van der Waals surface area (Å²) in [5, 5.41) is 6.49. The highest BCUT2D eigenvalue weighted by atomic mass is 16.5. The Balaban J connectivity index is 2.01. The number of piperidine rings is 1. The molecule has 1 aliphatic rings. The average molecular weight is 265 g/mol. The zero-order valence-corrected chi connectivity index (χ0v) is 11.7. The van der Waals surface area contributed by atoms with Crippen LogP contribution in [0, 0.1) is 0 Å². The van der Waals surface area contributed by atoms with Gasteiger partial charge in [-0.25, -0.2) is 0 Å². The van der Waals surface area contributed by atoms with Crippen LogP contribution in [0.25, 0.3) is 0 Å². The Morgan fingerprint density at radius 1 is 1.53 bits per heavy atom. The first-order valence-electron chi connectivity index (χ1n) is 6.82. The SMILES string of the molecule is COCCn1cccc1C(=O)NC1(C)CCNCC1. The van der Waals surface area contributed by atoms with Crippen LogP contribution in [0.15, 0.2) is 18.3 Å². The summed E-state index contributed by atoms with van der Waals surface area (Å²) in [6.45, 7) is 5.35. The van der Waals surface area contributed by atoms with Crippen LogP contribution in [-0.4, -0.2) is 42.8 Å². The van der Waals surface area contributed by atoms with Gasteiger partial charge in [0, 0.05) is 25.4 Å². The standard InChI is InChI=1S/C14H23N3O2/c1-14(5-7-15-8-6-14)16-13(18)12-4-3-9-17(12)10-11-19-2/h3-4,9,15H,5-8,10-11H2,1-2H3,(H,16,18). The number of hydrogen-bond acceptors (Lipinski definition) is 3. The molecule has 0 radical (unpaired) electrons. The van der Waals surface area contributed by atoms with Gasteiger partial charge in [-0.3, -0.25) is 4.79 Å². The molecule has 0 aromatic carbocycles. The second-order valence-electron chi connectivity index (χ2n) is 5.34. The van der Waals surface area contributed by atoms with Crippen molar-refractivity contribution in [3.8, 4) is 0 Å². The normalized spacial score (nSPS) is 18.2. The Labute approximate surface area is 114 Å². The molecule has 0 saturated carbocycles. The molecule has 0 bridgehead atoms. The van der Waals surface area contributed by atoms with E-state index in [0.717, 1.165) is 25.9 Å². The highest BCUT2D eigenvalue weighted by molar-refractivity contribution is 5.93. The summed E-state index contributed by atoms with van der Waals surface area (Å²) >= 11 is 0. The van der Waals surface area contributed by atoms with E-state index in [9.17, 15) is 4.79 Å². The Morgan fingerprint density at radius 3 is 2.95 bits per heavy atom. The van der Waals surface area contributed by atoms with Gasteiger partial charge in [0.2, 0.25) is 0 Å². The fourth-order valence-electron chi connectivity index (χ4n) is 2.45. The molecule has 0 unspecified atom stereocenters. The van der Waals surface area contributed by atoms with E-state index in [1.165, 1.54) is 0 Å². The molecule has 2 N–H and O–H groups in total. The number of methoxy groups -OCH3 is 1. The topological polar surface area (TPSA) is 55.3 Å². The third-order valence-corrected chi connectivity index (χ3v) is 3.72. The maximum absolute atomic E-state index is 12.4. The largest absolute Gasteiger partial charge is 0.383 e. The number of carbonyl (C=O) groups is 1. The second-order valence-corrected chi connectivity index (χ2v) is 5.34. The van der Waals surface area contributed by atoms with Crippen LogP contribution in [0.1, 0.15) is 30.3 Å². The summed E-state index contributed by atoms with van der Waals surface area (Å²) in [6.07, 6.45) is 3.85. The third kappa shape index (κ3) is 3.58. The molecule has 1 fully saturated rings. The number of nitrogens with zero attached hydrogens (tertiary/aromatic N) is 1. The van der Waals surface area contributed by atoms with Gasteiger partial charge in [-0.2, -0.15) is 0 Å². The first-order valence-corrected chi connectivity index (χ1v) is 6.82. The summed E-state index contributed by atoms with van der Waals surface area (Å²) in [5.74, 6) is 0.00510. The minimum Gasteiger partial charge on any atom is -0.383 e. The molecule has 5 heteroatoms. The van der Waals surface area contributed by atoms with E-state index >= 15 is 0 Å². The molecule has 106 valence electrons. The zero-order chi connectivity index (χ0) is 13.7. The van der Waals surface area contributed by atoms with Crippen LogP contribution in [0.3, 0.4) is 0 Å². The molecule has 0 atom stereocenters. The molecule has 19 heavy (non-hydrogen) atoms. The summed E-state index contributed by atoms with van der Waals surface area (Å²) in [6, 6.07) is 3.75. The summed E-state index contributed by atoms with van der Waals surface area (Å²) in [4.78, 5) is 12.4. The van der Waals surface area contributed by atoms with Gasteiger partial charge in [0.05, 0.1) is 6.61 Å².